The Morgan fingerprint density at radius 3 is 3.00 bits per heavy atom. The van der Waals surface area contributed by atoms with Crippen LogP contribution >= 0.6 is 11.6 Å². The molecule has 1 heterocycles. The van der Waals surface area contributed by atoms with E-state index in [1.165, 1.54) is 19.3 Å². The van der Waals surface area contributed by atoms with E-state index in [2.05, 4.69) is 17.3 Å². The SMILES string of the molecule is CC(CC1CC1)Nc1cc(Cl)ccc1-n1cccn1. The lowest BCUT2D eigenvalue weighted by atomic mass is 10.1. The Balaban J connectivity index is 1.83. The standard InChI is InChI=1S/C15H18ClN3/c1-11(9-12-3-4-12)18-14-10-13(16)5-6-15(14)19-8-2-7-17-19/h2,5-8,10-12,18H,3-4,9H2,1H3. The molecular weight excluding hydrogens is 258 g/mol. The van der Waals surface area contributed by atoms with Gasteiger partial charge in [0, 0.05) is 23.5 Å². The predicted molar refractivity (Wildman–Crippen MR) is 79.0 cm³/mol. The average molecular weight is 276 g/mol. The second-order valence-electron chi connectivity index (χ2n) is 5.34. The van der Waals surface area contributed by atoms with Gasteiger partial charge in [-0.15, -0.1) is 0 Å². The third kappa shape index (κ3) is 3.10. The first-order valence-electron chi connectivity index (χ1n) is 6.78. The maximum Gasteiger partial charge on any atom is 0.0877 e. The molecule has 19 heavy (non-hydrogen) atoms. The first-order valence-corrected chi connectivity index (χ1v) is 7.16. The quantitative estimate of drug-likeness (QED) is 0.889. The third-order valence-electron chi connectivity index (χ3n) is 3.50. The van der Waals surface area contributed by atoms with Crippen molar-refractivity contribution in [3.05, 3.63) is 41.7 Å². The Morgan fingerprint density at radius 1 is 1.47 bits per heavy atom. The van der Waals surface area contributed by atoms with Gasteiger partial charge < -0.3 is 5.32 Å². The van der Waals surface area contributed by atoms with Gasteiger partial charge in [-0.05, 0) is 43.5 Å². The molecule has 0 aliphatic heterocycles. The van der Waals surface area contributed by atoms with E-state index in [-0.39, 0.29) is 0 Å². The smallest absolute Gasteiger partial charge is 0.0877 e. The fourth-order valence-electron chi connectivity index (χ4n) is 2.41. The second kappa shape index (κ2) is 5.25. The molecule has 2 aromatic rings. The lowest BCUT2D eigenvalue weighted by molar-refractivity contribution is 0.641. The highest BCUT2D eigenvalue weighted by Gasteiger charge is 2.23. The molecular formula is C15H18ClN3. The summed E-state index contributed by atoms with van der Waals surface area (Å²) in [5, 5.41) is 8.60. The molecule has 1 N–H and O–H groups in total. The van der Waals surface area contributed by atoms with Crippen molar-refractivity contribution in [1.29, 1.82) is 0 Å². The van der Waals surface area contributed by atoms with E-state index in [0.29, 0.717) is 6.04 Å². The molecule has 1 aliphatic rings. The number of rotatable bonds is 5. The Labute approximate surface area is 118 Å². The van der Waals surface area contributed by atoms with Crippen LogP contribution in [0.25, 0.3) is 5.69 Å². The summed E-state index contributed by atoms with van der Waals surface area (Å²) in [4.78, 5) is 0. The summed E-state index contributed by atoms with van der Waals surface area (Å²) in [7, 11) is 0. The third-order valence-corrected chi connectivity index (χ3v) is 3.73. The fraction of sp³-hybridized carbons (Fsp3) is 0.400. The van der Waals surface area contributed by atoms with E-state index in [0.717, 1.165) is 22.3 Å². The fourth-order valence-corrected chi connectivity index (χ4v) is 2.59. The molecule has 1 fully saturated rings. The summed E-state index contributed by atoms with van der Waals surface area (Å²) >= 11 is 6.11. The van der Waals surface area contributed by atoms with Crippen molar-refractivity contribution in [3.8, 4) is 5.69 Å². The van der Waals surface area contributed by atoms with Crippen LogP contribution in [0.3, 0.4) is 0 Å². The minimum Gasteiger partial charge on any atom is -0.381 e. The summed E-state index contributed by atoms with van der Waals surface area (Å²) in [6, 6.07) is 8.26. The van der Waals surface area contributed by atoms with E-state index in [1.54, 1.807) is 6.20 Å². The van der Waals surface area contributed by atoms with Crippen molar-refractivity contribution in [2.75, 3.05) is 5.32 Å². The van der Waals surface area contributed by atoms with E-state index < -0.39 is 0 Å². The molecule has 0 amide bonds. The van der Waals surface area contributed by atoms with Crippen molar-refractivity contribution < 1.29 is 0 Å². The van der Waals surface area contributed by atoms with Crippen molar-refractivity contribution >= 4 is 17.3 Å². The summed E-state index contributed by atoms with van der Waals surface area (Å²) < 4.78 is 1.86. The number of hydrogen-bond donors (Lipinski definition) is 1. The first kappa shape index (κ1) is 12.5. The zero-order valence-corrected chi connectivity index (χ0v) is 11.8. The van der Waals surface area contributed by atoms with Crippen LogP contribution < -0.4 is 5.32 Å². The van der Waals surface area contributed by atoms with Gasteiger partial charge in [0.05, 0.1) is 11.4 Å². The van der Waals surface area contributed by atoms with E-state index >= 15 is 0 Å². The number of anilines is 1. The number of nitrogens with one attached hydrogen (secondary N) is 1. The highest BCUT2D eigenvalue weighted by molar-refractivity contribution is 6.31. The van der Waals surface area contributed by atoms with Crippen LogP contribution in [0.4, 0.5) is 5.69 Å². The topological polar surface area (TPSA) is 29.9 Å². The lowest BCUT2D eigenvalue weighted by Crippen LogP contribution is -2.17. The van der Waals surface area contributed by atoms with Crippen LogP contribution in [-0.4, -0.2) is 15.8 Å². The molecule has 100 valence electrons. The highest BCUT2D eigenvalue weighted by Crippen LogP contribution is 2.34. The van der Waals surface area contributed by atoms with Gasteiger partial charge in [-0.2, -0.15) is 5.10 Å². The zero-order chi connectivity index (χ0) is 13.2. The second-order valence-corrected chi connectivity index (χ2v) is 5.77. The van der Waals surface area contributed by atoms with Crippen molar-refractivity contribution in [2.45, 2.75) is 32.2 Å². The lowest BCUT2D eigenvalue weighted by Gasteiger charge is -2.18. The molecule has 1 aromatic heterocycles. The Morgan fingerprint density at radius 2 is 2.32 bits per heavy atom. The normalized spacial score (nSPS) is 16.3. The Hall–Kier alpha value is -1.48. The van der Waals surface area contributed by atoms with Crippen LogP contribution in [0, 0.1) is 5.92 Å². The first-order chi connectivity index (χ1) is 9.22. The minimum atomic E-state index is 0.459. The van der Waals surface area contributed by atoms with Crippen LogP contribution in [0.15, 0.2) is 36.7 Å². The Bertz CT molecular complexity index is 547. The molecule has 0 bridgehead atoms. The molecule has 1 atom stereocenters. The largest absolute Gasteiger partial charge is 0.381 e. The van der Waals surface area contributed by atoms with Gasteiger partial charge in [0.25, 0.3) is 0 Å². The average Bonchev–Trinajstić information content (AvgIpc) is 3.02. The Kier molecular flexibility index (Phi) is 3.47. The summed E-state index contributed by atoms with van der Waals surface area (Å²) in [5.74, 6) is 0.912. The van der Waals surface area contributed by atoms with Gasteiger partial charge in [0.2, 0.25) is 0 Å². The minimum absolute atomic E-state index is 0.459. The van der Waals surface area contributed by atoms with Crippen molar-refractivity contribution in [1.82, 2.24) is 9.78 Å². The van der Waals surface area contributed by atoms with Gasteiger partial charge in [0.15, 0.2) is 0 Å². The number of nitrogens with zero attached hydrogens (tertiary/aromatic N) is 2. The van der Waals surface area contributed by atoms with Crippen LogP contribution in [-0.2, 0) is 0 Å². The summed E-state index contributed by atoms with van der Waals surface area (Å²) in [6.07, 6.45) is 7.72. The molecule has 0 spiro atoms. The van der Waals surface area contributed by atoms with E-state index in [9.17, 15) is 0 Å². The number of hydrogen-bond acceptors (Lipinski definition) is 2. The monoisotopic (exact) mass is 275 g/mol. The van der Waals surface area contributed by atoms with Crippen molar-refractivity contribution in [3.63, 3.8) is 0 Å². The molecule has 1 aromatic carbocycles. The van der Waals surface area contributed by atoms with Gasteiger partial charge in [-0.1, -0.05) is 24.4 Å². The summed E-state index contributed by atoms with van der Waals surface area (Å²) in [6.45, 7) is 2.23. The predicted octanol–water partition coefficient (Wildman–Crippen LogP) is 4.13. The van der Waals surface area contributed by atoms with Gasteiger partial charge >= 0.3 is 0 Å². The summed E-state index contributed by atoms with van der Waals surface area (Å²) in [5.41, 5.74) is 2.08. The van der Waals surface area contributed by atoms with Crippen LogP contribution in [0.1, 0.15) is 26.2 Å². The molecule has 3 rings (SSSR count). The van der Waals surface area contributed by atoms with Crippen LogP contribution in [0.2, 0.25) is 5.02 Å². The molecule has 0 saturated heterocycles. The van der Waals surface area contributed by atoms with Gasteiger partial charge in [-0.3, -0.25) is 0 Å². The maximum atomic E-state index is 6.11. The number of aromatic nitrogens is 2. The molecule has 1 aliphatic carbocycles. The van der Waals surface area contributed by atoms with Crippen molar-refractivity contribution in [2.24, 2.45) is 5.92 Å². The highest BCUT2D eigenvalue weighted by atomic mass is 35.5. The van der Waals surface area contributed by atoms with E-state index in [1.807, 2.05) is 35.1 Å². The molecule has 1 unspecified atom stereocenters. The molecule has 0 radical (unpaired) electrons. The van der Waals surface area contributed by atoms with Gasteiger partial charge in [-0.25, -0.2) is 4.68 Å². The van der Waals surface area contributed by atoms with Gasteiger partial charge in [0.1, 0.15) is 0 Å². The molecule has 4 heteroatoms. The molecule has 3 nitrogen and oxygen atoms in total. The number of benzene rings is 1. The van der Waals surface area contributed by atoms with Crippen LogP contribution in [0.5, 0.6) is 0 Å². The zero-order valence-electron chi connectivity index (χ0n) is 11.0. The molecule has 1 saturated carbocycles. The number of halogens is 1. The maximum absolute atomic E-state index is 6.11. The van der Waals surface area contributed by atoms with E-state index in [4.69, 9.17) is 11.6 Å².